The van der Waals surface area contributed by atoms with Crippen molar-refractivity contribution in [3.63, 3.8) is 0 Å². The fourth-order valence-corrected chi connectivity index (χ4v) is 4.99. The Labute approximate surface area is 144 Å². The molecule has 0 spiro atoms. The standard InChI is InChI=1S/C19H28N4O/c1-3-5-15-9-20-13(2)21-19(15)22-10-14-8-16(12-22)17-6-4-7-18(24)23(17)11-14/h9,14,16-17H,3-8,10-12H2,1-2H3/t14-,16-,17+/m1/s1. The van der Waals surface area contributed by atoms with Gasteiger partial charge in [0.2, 0.25) is 5.91 Å². The number of fused-ring (bicyclic) bond motifs is 4. The second kappa shape index (κ2) is 6.34. The summed E-state index contributed by atoms with van der Waals surface area (Å²) in [7, 11) is 0. The lowest BCUT2D eigenvalue weighted by Gasteiger charge is -2.52. The van der Waals surface area contributed by atoms with Crippen molar-refractivity contribution in [3.05, 3.63) is 17.6 Å². The molecule has 0 N–H and O–H groups in total. The van der Waals surface area contributed by atoms with Crippen molar-refractivity contribution in [2.45, 2.75) is 58.4 Å². The topological polar surface area (TPSA) is 49.3 Å². The van der Waals surface area contributed by atoms with E-state index in [4.69, 9.17) is 4.98 Å². The van der Waals surface area contributed by atoms with Gasteiger partial charge in [0, 0.05) is 43.9 Å². The number of anilines is 1. The van der Waals surface area contributed by atoms with Gasteiger partial charge in [-0.3, -0.25) is 4.79 Å². The maximum Gasteiger partial charge on any atom is 0.222 e. The van der Waals surface area contributed by atoms with Crippen LogP contribution in [0.3, 0.4) is 0 Å². The van der Waals surface area contributed by atoms with Crippen molar-refractivity contribution in [2.24, 2.45) is 11.8 Å². The van der Waals surface area contributed by atoms with Gasteiger partial charge in [0.05, 0.1) is 0 Å². The molecule has 5 nitrogen and oxygen atoms in total. The molecular weight excluding hydrogens is 300 g/mol. The summed E-state index contributed by atoms with van der Waals surface area (Å²) in [6.45, 7) is 7.20. The number of carbonyl (C=O) groups excluding carboxylic acids is 1. The Morgan fingerprint density at radius 2 is 2.17 bits per heavy atom. The third-order valence-corrected chi connectivity index (χ3v) is 5.96. The Bertz CT molecular complexity index is 632. The van der Waals surface area contributed by atoms with Crippen LogP contribution in [0.5, 0.6) is 0 Å². The van der Waals surface area contributed by atoms with E-state index in [1.807, 2.05) is 13.1 Å². The normalized spacial score (nSPS) is 29.6. The average Bonchev–Trinajstić information content (AvgIpc) is 2.57. The van der Waals surface area contributed by atoms with Crippen molar-refractivity contribution in [1.82, 2.24) is 14.9 Å². The zero-order chi connectivity index (χ0) is 16.7. The summed E-state index contributed by atoms with van der Waals surface area (Å²) in [5.74, 6) is 3.59. The lowest BCUT2D eigenvalue weighted by atomic mass is 9.76. The van der Waals surface area contributed by atoms with Crippen molar-refractivity contribution in [1.29, 1.82) is 0 Å². The summed E-state index contributed by atoms with van der Waals surface area (Å²) >= 11 is 0. The summed E-state index contributed by atoms with van der Waals surface area (Å²) in [4.78, 5) is 26.2. The molecule has 0 radical (unpaired) electrons. The number of amides is 1. The Morgan fingerprint density at radius 1 is 1.29 bits per heavy atom. The van der Waals surface area contributed by atoms with Gasteiger partial charge in [-0.15, -0.1) is 0 Å². The van der Waals surface area contributed by atoms with Crippen LogP contribution in [0.25, 0.3) is 0 Å². The van der Waals surface area contributed by atoms with E-state index in [-0.39, 0.29) is 0 Å². The molecule has 0 aliphatic carbocycles. The summed E-state index contributed by atoms with van der Waals surface area (Å²) in [6, 6.07) is 0.461. The van der Waals surface area contributed by atoms with E-state index >= 15 is 0 Å². The van der Waals surface area contributed by atoms with Crippen molar-refractivity contribution in [2.75, 3.05) is 24.5 Å². The van der Waals surface area contributed by atoms with Gasteiger partial charge in [-0.05, 0) is 44.4 Å². The van der Waals surface area contributed by atoms with E-state index in [1.165, 1.54) is 18.4 Å². The smallest absolute Gasteiger partial charge is 0.222 e. The van der Waals surface area contributed by atoms with E-state index in [9.17, 15) is 4.79 Å². The second-order valence-electron chi connectivity index (χ2n) is 7.79. The summed E-state index contributed by atoms with van der Waals surface area (Å²) in [5, 5.41) is 0. The van der Waals surface area contributed by atoms with Gasteiger partial charge in [0.1, 0.15) is 11.6 Å². The van der Waals surface area contributed by atoms with E-state index in [2.05, 4.69) is 21.7 Å². The largest absolute Gasteiger partial charge is 0.356 e. The molecule has 1 amide bonds. The average molecular weight is 328 g/mol. The minimum absolute atomic E-state index is 0.388. The highest BCUT2D eigenvalue weighted by Gasteiger charge is 2.44. The lowest BCUT2D eigenvalue weighted by Crippen LogP contribution is -2.60. The molecule has 0 unspecified atom stereocenters. The highest BCUT2D eigenvalue weighted by atomic mass is 16.2. The van der Waals surface area contributed by atoms with Crippen LogP contribution in [0, 0.1) is 18.8 Å². The van der Waals surface area contributed by atoms with Gasteiger partial charge < -0.3 is 9.80 Å². The molecule has 2 bridgehead atoms. The van der Waals surface area contributed by atoms with E-state index in [1.54, 1.807) is 0 Å². The van der Waals surface area contributed by atoms with Crippen molar-refractivity contribution in [3.8, 4) is 0 Å². The van der Waals surface area contributed by atoms with Gasteiger partial charge in [0.25, 0.3) is 0 Å². The van der Waals surface area contributed by atoms with Crippen LogP contribution in [0.4, 0.5) is 5.82 Å². The maximum absolute atomic E-state index is 12.3. The Kier molecular flexibility index (Phi) is 4.19. The number of carbonyl (C=O) groups is 1. The third kappa shape index (κ3) is 2.78. The molecule has 4 rings (SSSR count). The summed E-state index contributed by atoms with van der Waals surface area (Å²) in [6.07, 6.45) is 8.45. The number of aryl methyl sites for hydroxylation is 2. The van der Waals surface area contributed by atoms with Crippen LogP contribution in [-0.4, -0.2) is 46.5 Å². The molecule has 3 aliphatic heterocycles. The van der Waals surface area contributed by atoms with Crippen LogP contribution in [-0.2, 0) is 11.2 Å². The molecule has 1 aromatic heterocycles. The predicted octanol–water partition coefficient (Wildman–Crippen LogP) is 2.57. The molecule has 0 aromatic carbocycles. The zero-order valence-corrected chi connectivity index (χ0v) is 14.9. The SMILES string of the molecule is CCCc1cnc(C)nc1N1C[C@H]2C[C@H](C1)[C@@H]1CCCC(=O)N1C2. The first kappa shape index (κ1) is 15.9. The Morgan fingerprint density at radius 3 is 3.00 bits per heavy atom. The Balaban J connectivity index is 1.60. The number of nitrogens with zero attached hydrogens (tertiary/aromatic N) is 4. The third-order valence-electron chi connectivity index (χ3n) is 5.96. The molecule has 130 valence electrons. The van der Waals surface area contributed by atoms with Gasteiger partial charge >= 0.3 is 0 Å². The number of piperidine rings is 3. The summed E-state index contributed by atoms with van der Waals surface area (Å²) < 4.78 is 0. The number of aromatic nitrogens is 2. The molecule has 3 aliphatic rings. The molecule has 0 saturated carbocycles. The van der Waals surface area contributed by atoms with Crippen LogP contribution in [0.15, 0.2) is 6.20 Å². The lowest BCUT2D eigenvalue weighted by molar-refractivity contribution is -0.142. The molecule has 3 fully saturated rings. The van der Waals surface area contributed by atoms with Gasteiger partial charge in [-0.25, -0.2) is 9.97 Å². The van der Waals surface area contributed by atoms with Crippen molar-refractivity contribution >= 4 is 11.7 Å². The highest BCUT2D eigenvalue weighted by molar-refractivity contribution is 5.77. The molecule has 3 atom stereocenters. The quantitative estimate of drug-likeness (QED) is 0.856. The highest BCUT2D eigenvalue weighted by Crippen LogP contribution is 2.39. The minimum atomic E-state index is 0.388. The number of hydrogen-bond acceptors (Lipinski definition) is 4. The van der Waals surface area contributed by atoms with Crippen LogP contribution in [0.2, 0.25) is 0 Å². The van der Waals surface area contributed by atoms with Crippen LogP contribution >= 0.6 is 0 Å². The second-order valence-corrected chi connectivity index (χ2v) is 7.79. The first-order valence-corrected chi connectivity index (χ1v) is 9.52. The first-order valence-electron chi connectivity index (χ1n) is 9.52. The van der Waals surface area contributed by atoms with Gasteiger partial charge in [-0.1, -0.05) is 13.3 Å². The number of hydrogen-bond donors (Lipinski definition) is 0. The molecule has 5 heteroatoms. The molecular formula is C19H28N4O. The monoisotopic (exact) mass is 328 g/mol. The van der Waals surface area contributed by atoms with E-state index in [0.717, 1.165) is 57.0 Å². The molecule has 4 heterocycles. The van der Waals surface area contributed by atoms with E-state index < -0.39 is 0 Å². The number of rotatable bonds is 3. The van der Waals surface area contributed by atoms with Crippen LogP contribution < -0.4 is 4.90 Å². The zero-order valence-electron chi connectivity index (χ0n) is 14.9. The molecule has 3 saturated heterocycles. The van der Waals surface area contributed by atoms with E-state index in [0.29, 0.717) is 23.8 Å². The van der Waals surface area contributed by atoms with Crippen LogP contribution in [0.1, 0.15) is 50.4 Å². The molecule has 24 heavy (non-hydrogen) atoms. The fourth-order valence-electron chi connectivity index (χ4n) is 4.99. The first-order chi connectivity index (χ1) is 11.7. The predicted molar refractivity (Wildman–Crippen MR) is 93.9 cm³/mol. The Hall–Kier alpha value is -1.65. The van der Waals surface area contributed by atoms with Crippen molar-refractivity contribution < 1.29 is 4.79 Å². The van der Waals surface area contributed by atoms with Gasteiger partial charge in [0.15, 0.2) is 0 Å². The molecule has 1 aromatic rings. The minimum Gasteiger partial charge on any atom is -0.356 e. The van der Waals surface area contributed by atoms with Gasteiger partial charge in [-0.2, -0.15) is 0 Å². The summed E-state index contributed by atoms with van der Waals surface area (Å²) in [5.41, 5.74) is 1.28. The maximum atomic E-state index is 12.3. The fraction of sp³-hybridized carbons (Fsp3) is 0.737.